The first-order valence-corrected chi connectivity index (χ1v) is 11.8. The lowest BCUT2D eigenvalue weighted by Gasteiger charge is -2.24. The Hall–Kier alpha value is -3.64. The molecule has 1 atom stereocenters. The molecule has 0 fully saturated rings. The van der Waals surface area contributed by atoms with E-state index >= 15 is 0 Å². The number of hydrogen-bond donors (Lipinski definition) is 1. The molecule has 3 aromatic rings. The maximum absolute atomic E-state index is 12.8. The van der Waals surface area contributed by atoms with Gasteiger partial charge >= 0.3 is 12.1 Å². The fraction of sp³-hybridized carbons (Fsp3) is 0.310. The zero-order valence-electron chi connectivity index (χ0n) is 20.3. The second kappa shape index (κ2) is 10.7. The number of fused-ring (bicyclic) bond motifs is 3. The van der Waals surface area contributed by atoms with Crippen molar-refractivity contribution in [3.63, 3.8) is 0 Å². The fourth-order valence-electron chi connectivity index (χ4n) is 4.11. The first kappa shape index (κ1) is 24.5. The summed E-state index contributed by atoms with van der Waals surface area (Å²) in [6, 6.07) is 24.6. The third-order valence-electron chi connectivity index (χ3n) is 5.83. The van der Waals surface area contributed by atoms with Gasteiger partial charge in [-0.25, -0.2) is 9.59 Å². The van der Waals surface area contributed by atoms with Crippen molar-refractivity contribution in [3.8, 4) is 11.1 Å². The normalized spacial score (nSPS) is 13.5. The smallest absolute Gasteiger partial charge is 0.407 e. The fourth-order valence-corrected chi connectivity index (χ4v) is 4.11. The number of carbonyl (C=O) groups is 2. The molecule has 0 saturated carbocycles. The van der Waals surface area contributed by atoms with Gasteiger partial charge < -0.3 is 19.5 Å². The van der Waals surface area contributed by atoms with Crippen LogP contribution in [0, 0.1) is 0 Å². The summed E-state index contributed by atoms with van der Waals surface area (Å²) in [4.78, 5) is 25.5. The van der Waals surface area contributed by atoms with E-state index in [0.717, 1.165) is 27.8 Å². The van der Waals surface area contributed by atoms with Crippen LogP contribution >= 0.6 is 0 Å². The van der Waals surface area contributed by atoms with Crippen molar-refractivity contribution in [2.75, 3.05) is 13.2 Å². The molecule has 1 amide bonds. The molecule has 0 spiro atoms. The summed E-state index contributed by atoms with van der Waals surface area (Å²) in [5, 5.41) is 2.64. The molecule has 0 saturated heterocycles. The molecule has 6 nitrogen and oxygen atoms in total. The standard InChI is InChI=1S/C29H31NO5/c1-29(2,3)35-19-26(27(31)33-17-20-11-5-4-6-12-20)30-28(32)34-18-25-23-15-9-7-13-21(23)22-14-8-10-16-24(22)25/h4-16,25-26H,17-19H2,1-3H3,(H,30,32)/t26-/m0/s1. The molecule has 0 bridgehead atoms. The lowest BCUT2D eigenvalue weighted by atomic mass is 9.98. The molecule has 0 aliphatic heterocycles. The minimum atomic E-state index is -0.992. The van der Waals surface area contributed by atoms with Crippen LogP contribution in [0.2, 0.25) is 0 Å². The van der Waals surface area contributed by atoms with Crippen LogP contribution < -0.4 is 5.32 Å². The van der Waals surface area contributed by atoms with Crippen molar-refractivity contribution in [2.45, 2.75) is 44.9 Å². The van der Waals surface area contributed by atoms with Gasteiger partial charge in [-0.05, 0) is 48.6 Å². The van der Waals surface area contributed by atoms with Gasteiger partial charge in [-0.1, -0.05) is 78.9 Å². The van der Waals surface area contributed by atoms with Crippen LogP contribution in [0.25, 0.3) is 11.1 Å². The van der Waals surface area contributed by atoms with Gasteiger partial charge in [-0.15, -0.1) is 0 Å². The summed E-state index contributed by atoms with van der Waals surface area (Å²) < 4.78 is 16.8. The lowest BCUT2D eigenvalue weighted by Crippen LogP contribution is -2.46. The van der Waals surface area contributed by atoms with Gasteiger partial charge in [0.25, 0.3) is 0 Å². The summed E-state index contributed by atoms with van der Waals surface area (Å²) >= 11 is 0. The number of amides is 1. The van der Waals surface area contributed by atoms with Gasteiger partial charge in [-0.3, -0.25) is 0 Å². The average molecular weight is 474 g/mol. The second-order valence-corrected chi connectivity index (χ2v) is 9.54. The predicted octanol–water partition coefficient (Wildman–Crippen LogP) is 5.45. The minimum absolute atomic E-state index is 0.0265. The largest absolute Gasteiger partial charge is 0.459 e. The van der Waals surface area contributed by atoms with E-state index in [0.29, 0.717) is 0 Å². The summed E-state index contributed by atoms with van der Waals surface area (Å²) in [5.41, 5.74) is 4.92. The third kappa shape index (κ3) is 6.28. The molecule has 1 aliphatic rings. The molecule has 0 aromatic heterocycles. The number of ether oxygens (including phenoxy) is 3. The van der Waals surface area contributed by atoms with E-state index in [2.05, 4.69) is 29.6 Å². The van der Waals surface area contributed by atoms with E-state index in [1.165, 1.54) is 0 Å². The van der Waals surface area contributed by atoms with Crippen LogP contribution in [0.15, 0.2) is 78.9 Å². The second-order valence-electron chi connectivity index (χ2n) is 9.54. The molecule has 35 heavy (non-hydrogen) atoms. The Balaban J connectivity index is 1.40. The number of rotatable bonds is 8. The van der Waals surface area contributed by atoms with E-state index in [9.17, 15) is 9.59 Å². The van der Waals surface area contributed by atoms with Crippen LogP contribution in [0.4, 0.5) is 4.79 Å². The maximum Gasteiger partial charge on any atom is 0.407 e. The SMILES string of the molecule is CC(C)(C)OC[C@H](NC(=O)OCC1c2ccccc2-c2ccccc21)C(=O)OCc1ccccc1. The van der Waals surface area contributed by atoms with Crippen LogP contribution in [-0.4, -0.2) is 36.9 Å². The molecule has 182 valence electrons. The summed E-state index contributed by atoms with van der Waals surface area (Å²) in [7, 11) is 0. The Morgan fingerprint density at radius 3 is 2.00 bits per heavy atom. The molecule has 0 unspecified atom stereocenters. The van der Waals surface area contributed by atoms with Crippen molar-refractivity contribution >= 4 is 12.1 Å². The molecule has 3 aromatic carbocycles. The summed E-state index contributed by atoms with van der Waals surface area (Å²) in [6.45, 7) is 5.89. The van der Waals surface area contributed by atoms with Crippen molar-refractivity contribution < 1.29 is 23.8 Å². The molecular formula is C29H31NO5. The Labute approximate surface area is 206 Å². The number of hydrogen-bond acceptors (Lipinski definition) is 5. The monoisotopic (exact) mass is 473 g/mol. The molecule has 4 rings (SSSR count). The topological polar surface area (TPSA) is 73.9 Å². The van der Waals surface area contributed by atoms with E-state index < -0.39 is 23.7 Å². The Morgan fingerprint density at radius 2 is 1.40 bits per heavy atom. The first-order chi connectivity index (χ1) is 16.8. The molecule has 0 radical (unpaired) electrons. The average Bonchev–Trinajstić information content (AvgIpc) is 3.17. The Morgan fingerprint density at radius 1 is 0.829 bits per heavy atom. The Kier molecular flexibility index (Phi) is 7.51. The van der Waals surface area contributed by atoms with Crippen molar-refractivity contribution in [1.82, 2.24) is 5.32 Å². The molecule has 1 N–H and O–H groups in total. The van der Waals surface area contributed by atoms with Gasteiger partial charge in [0, 0.05) is 5.92 Å². The molecule has 6 heteroatoms. The Bertz CT molecular complexity index is 1120. The van der Waals surface area contributed by atoms with E-state index in [-0.39, 0.29) is 25.7 Å². The highest BCUT2D eigenvalue weighted by Gasteiger charge is 2.30. The van der Waals surface area contributed by atoms with Gasteiger partial charge in [0.1, 0.15) is 13.2 Å². The molecule has 0 heterocycles. The van der Waals surface area contributed by atoms with Crippen LogP contribution in [0.3, 0.4) is 0 Å². The minimum Gasteiger partial charge on any atom is -0.459 e. The highest BCUT2D eigenvalue weighted by molar-refractivity contribution is 5.82. The number of nitrogens with one attached hydrogen (secondary N) is 1. The van der Waals surface area contributed by atoms with Crippen molar-refractivity contribution in [2.24, 2.45) is 0 Å². The van der Waals surface area contributed by atoms with Crippen molar-refractivity contribution in [3.05, 3.63) is 95.6 Å². The predicted molar refractivity (Wildman–Crippen MR) is 134 cm³/mol. The zero-order valence-corrected chi connectivity index (χ0v) is 20.3. The van der Waals surface area contributed by atoms with Crippen LogP contribution in [0.1, 0.15) is 43.4 Å². The zero-order chi connectivity index (χ0) is 24.8. The van der Waals surface area contributed by atoms with Gasteiger partial charge in [0.2, 0.25) is 0 Å². The van der Waals surface area contributed by atoms with Gasteiger partial charge in [0.15, 0.2) is 6.04 Å². The highest BCUT2D eigenvalue weighted by atomic mass is 16.6. The molecule has 1 aliphatic carbocycles. The quantitative estimate of drug-likeness (QED) is 0.440. The number of alkyl carbamates (subject to hydrolysis) is 1. The van der Waals surface area contributed by atoms with Gasteiger partial charge in [-0.2, -0.15) is 0 Å². The number of benzene rings is 3. The molecular weight excluding hydrogens is 442 g/mol. The third-order valence-corrected chi connectivity index (χ3v) is 5.83. The van der Waals surface area contributed by atoms with E-state index in [4.69, 9.17) is 14.2 Å². The number of carbonyl (C=O) groups excluding carboxylic acids is 2. The summed E-state index contributed by atoms with van der Waals surface area (Å²) in [5.74, 6) is -0.644. The maximum atomic E-state index is 12.8. The highest BCUT2D eigenvalue weighted by Crippen LogP contribution is 2.44. The van der Waals surface area contributed by atoms with E-state index in [1.54, 1.807) is 0 Å². The van der Waals surface area contributed by atoms with Gasteiger partial charge in [0.05, 0.1) is 12.2 Å². The number of esters is 1. The van der Waals surface area contributed by atoms with Crippen LogP contribution in [-0.2, 0) is 25.6 Å². The summed E-state index contributed by atoms with van der Waals surface area (Å²) in [6.07, 6.45) is -0.689. The van der Waals surface area contributed by atoms with Crippen LogP contribution in [0.5, 0.6) is 0 Å². The van der Waals surface area contributed by atoms with Crippen molar-refractivity contribution in [1.29, 1.82) is 0 Å². The van der Waals surface area contributed by atoms with E-state index in [1.807, 2.05) is 75.4 Å². The first-order valence-electron chi connectivity index (χ1n) is 11.8. The lowest BCUT2D eigenvalue weighted by molar-refractivity contribution is -0.150.